The zero-order valence-corrected chi connectivity index (χ0v) is 15.0. The number of hydrogen-bond donors (Lipinski definition) is 2. The van der Waals surface area contributed by atoms with Crippen LogP contribution < -0.4 is 5.84 Å². The fraction of sp³-hybridized carbons (Fsp3) is 0.235. The second-order valence-electron chi connectivity index (χ2n) is 6.27. The number of sulfonamides is 1. The second-order valence-corrected chi connectivity index (χ2v) is 8.32. The molecule has 0 bridgehead atoms. The molecule has 1 saturated heterocycles. The molecule has 9 heteroatoms. The lowest BCUT2D eigenvalue weighted by molar-refractivity contribution is 0.150. The van der Waals surface area contributed by atoms with Crippen LogP contribution in [0.5, 0.6) is 0 Å². The summed E-state index contributed by atoms with van der Waals surface area (Å²) in [5.41, 5.74) is -1.40. The molecule has 0 unspecified atom stereocenters. The smallest absolute Gasteiger partial charge is 0.247 e. The molecule has 1 aliphatic rings. The van der Waals surface area contributed by atoms with Crippen LogP contribution in [0.1, 0.15) is 23.3 Å². The molecule has 3 N–H and O–H groups in total. The molecule has 6 nitrogen and oxygen atoms in total. The van der Waals surface area contributed by atoms with Crippen LogP contribution in [-0.4, -0.2) is 30.7 Å². The summed E-state index contributed by atoms with van der Waals surface area (Å²) in [6.45, 7) is 1.43. The van der Waals surface area contributed by atoms with Gasteiger partial charge in [-0.3, -0.25) is 10.4 Å². The van der Waals surface area contributed by atoms with Gasteiger partial charge >= 0.3 is 0 Å². The summed E-state index contributed by atoms with van der Waals surface area (Å²) >= 11 is 0. The van der Waals surface area contributed by atoms with E-state index in [0.717, 1.165) is 21.4 Å². The highest BCUT2D eigenvalue weighted by molar-refractivity contribution is 7.90. The van der Waals surface area contributed by atoms with Crippen molar-refractivity contribution in [1.29, 1.82) is 5.41 Å². The van der Waals surface area contributed by atoms with Crippen molar-refractivity contribution in [2.75, 3.05) is 7.05 Å². The first-order chi connectivity index (χ1) is 12.1. The molecule has 138 valence electrons. The predicted octanol–water partition coefficient (Wildman–Crippen LogP) is 2.31. The van der Waals surface area contributed by atoms with Crippen molar-refractivity contribution >= 4 is 16.0 Å². The predicted molar refractivity (Wildman–Crippen MR) is 93.3 cm³/mol. The van der Waals surface area contributed by atoms with Crippen molar-refractivity contribution in [3.05, 3.63) is 71.3 Å². The van der Waals surface area contributed by atoms with E-state index in [4.69, 9.17) is 11.3 Å². The van der Waals surface area contributed by atoms with Gasteiger partial charge in [0.1, 0.15) is 22.4 Å². The fourth-order valence-corrected chi connectivity index (χ4v) is 5.33. The number of nitrogens with two attached hydrogens (primary N) is 1. The normalized spacial score (nSPS) is 25.4. The van der Waals surface area contributed by atoms with Crippen molar-refractivity contribution in [3.8, 4) is 0 Å². The lowest BCUT2D eigenvalue weighted by atomic mass is 9.83. The number of guanidine groups is 1. The molecule has 1 aliphatic heterocycles. The summed E-state index contributed by atoms with van der Waals surface area (Å²) in [5, 5.41) is 7.68. The highest BCUT2D eigenvalue weighted by Crippen LogP contribution is 2.48. The zero-order chi connectivity index (χ0) is 19.3. The van der Waals surface area contributed by atoms with E-state index >= 15 is 0 Å². The minimum atomic E-state index is -4.09. The van der Waals surface area contributed by atoms with Crippen LogP contribution in [0, 0.1) is 17.0 Å². The lowest BCUT2D eigenvalue weighted by Gasteiger charge is -2.51. The van der Waals surface area contributed by atoms with Crippen LogP contribution in [0.25, 0.3) is 0 Å². The maximum absolute atomic E-state index is 14.6. The number of benzene rings is 2. The second kappa shape index (κ2) is 6.03. The van der Waals surface area contributed by atoms with Gasteiger partial charge in [-0.1, -0.05) is 36.4 Å². The maximum Gasteiger partial charge on any atom is 0.247 e. The Bertz CT molecular complexity index is 968. The molecular formula is C17H18F2N4O2S. The van der Waals surface area contributed by atoms with Crippen molar-refractivity contribution in [2.45, 2.75) is 17.7 Å². The molecular weight excluding hydrogens is 362 g/mol. The van der Waals surface area contributed by atoms with Gasteiger partial charge < -0.3 is 0 Å². The van der Waals surface area contributed by atoms with Crippen molar-refractivity contribution in [3.63, 3.8) is 0 Å². The van der Waals surface area contributed by atoms with Gasteiger partial charge in [-0.2, -0.15) is 0 Å². The molecule has 0 saturated carbocycles. The standard InChI is InChI=1S/C17H18F2N4O2S/c1-17(13-9-8-12(18)10-14(13)19)15(11-6-4-3-5-7-11)26(24,25)22(2)16(20)23(17)21/h3-10,15,20H,21H2,1-2H3/t15-,17-/m1/s1. The Morgan fingerprint density at radius 2 is 1.77 bits per heavy atom. The van der Waals surface area contributed by atoms with Gasteiger partial charge in [-0.15, -0.1) is 0 Å². The monoisotopic (exact) mass is 380 g/mol. The molecule has 2 aromatic rings. The van der Waals surface area contributed by atoms with E-state index in [9.17, 15) is 17.2 Å². The van der Waals surface area contributed by atoms with Gasteiger partial charge in [0.15, 0.2) is 0 Å². The highest BCUT2D eigenvalue weighted by Gasteiger charge is 2.57. The van der Waals surface area contributed by atoms with Crippen LogP contribution in [0.15, 0.2) is 48.5 Å². The maximum atomic E-state index is 14.6. The molecule has 2 atom stereocenters. The Hall–Kier alpha value is -2.52. The fourth-order valence-electron chi connectivity index (χ4n) is 3.36. The Kier molecular flexibility index (Phi) is 4.24. The molecule has 0 aromatic heterocycles. The van der Waals surface area contributed by atoms with E-state index in [1.54, 1.807) is 30.3 Å². The number of nitrogens with one attached hydrogen (secondary N) is 1. The number of hydrogen-bond acceptors (Lipinski definition) is 4. The average molecular weight is 380 g/mol. The highest BCUT2D eigenvalue weighted by atomic mass is 32.2. The van der Waals surface area contributed by atoms with Gasteiger partial charge in [-0.25, -0.2) is 27.3 Å². The SMILES string of the molecule is CN1C(=N)N(N)[C@](C)(c2ccc(F)cc2F)[C@@H](c2ccccc2)S1(=O)=O. The summed E-state index contributed by atoms with van der Waals surface area (Å²) in [7, 11) is -2.88. The average Bonchev–Trinajstić information content (AvgIpc) is 2.59. The number of halogens is 2. The molecule has 0 amide bonds. The molecule has 0 aliphatic carbocycles. The van der Waals surface area contributed by atoms with Gasteiger partial charge in [-0.05, 0) is 18.6 Å². The number of rotatable bonds is 2. The van der Waals surface area contributed by atoms with E-state index in [0.29, 0.717) is 11.6 Å². The van der Waals surface area contributed by atoms with Crippen LogP contribution >= 0.6 is 0 Å². The topological polar surface area (TPSA) is 90.5 Å². The molecule has 26 heavy (non-hydrogen) atoms. The molecule has 3 rings (SSSR count). The van der Waals surface area contributed by atoms with E-state index in [2.05, 4.69) is 0 Å². The van der Waals surface area contributed by atoms with Gasteiger partial charge in [0, 0.05) is 18.7 Å². The first-order valence-electron chi connectivity index (χ1n) is 7.73. The third kappa shape index (κ3) is 2.46. The van der Waals surface area contributed by atoms with Gasteiger partial charge in [0.05, 0.1) is 0 Å². The van der Waals surface area contributed by atoms with Crippen molar-refractivity contribution in [1.82, 2.24) is 9.31 Å². The van der Waals surface area contributed by atoms with E-state index < -0.39 is 38.4 Å². The van der Waals surface area contributed by atoms with Crippen LogP contribution in [-0.2, 0) is 15.6 Å². The summed E-state index contributed by atoms with van der Waals surface area (Å²) in [5.74, 6) is 3.84. The van der Waals surface area contributed by atoms with E-state index in [1.807, 2.05) is 0 Å². The Morgan fingerprint density at radius 1 is 1.15 bits per heavy atom. The summed E-state index contributed by atoms with van der Waals surface area (Å²) in [4.78, 5) is 0. The molecule has 0 spiro atoms. The van der Waals surface area contributed by atoms with Crippen LogP contribution in [0.4, 0.5) is 8.78 Å². The minimum Gasteiger partial charge on any atom is -0.268 e. The first-order valence-corrected chi connectivity index (χ1v) is 9.24. The first kappa shape index (κ1) is 18.3. The quantitative estimate of drug-likeness (QED) is 0.783. The van der Waals surface area contributed by atoms with Crippen LogP contribution in [0.3, 0.4) is 0 Å². The Morgan fingerprint density at radius 3 is 2.35 bits per heavy atom. The van der Waals surface area contributed by atoms with Crippen molar-refractivity contribution in [2.24, 2.45) is 5.84 Å². The van der Waals surface area contributed by atoms with Gasteiger partial charge in [0.2, 0.25) is 16.0 Å². The largest absolute Gasteiger partial charge is 0.268 e. The Balaban J connectivity index is 2.36. The number of hydrazine groups is 1. The number of nitrogens with zero attached hydrogens (tertiary/aromatic N) is 2. The minimum absolute atomic E-state index is 0.114. The van der Waals surface area contributed by atoms with Crippen LogP contribution in [0.2, 0.25) is 0 Å². The van der Waals surface area contributed by atoms with E-state index in [1.165, 1.54) is 14.0 Å². The molecule has 0 radical (unpaired) electrons. The summed E-state index contributed by atoms with van der Waals surface area (Å²) in [6.07, 6.45) is 0. The summed E-state index contributed by atoms with van der Waals surface area (Å²) < 4.78 is 55.1. The zero-order valence-electron chi connectivity index (χ0n) is 14.1. The molecule has 2 aromatic carbocycles. The third-order valence-corrected chi connectivity index (χ3v) is 7.06. The Labute approximate surface area is 150 Å². The third-order valence-electron chi connectivity index (χ3n) is 4.80. The van der Waals surface area contributed by atoms with E-state index in [-0.39, 0.29) is 5.56 Å². The van der Waals surface area contributed by atoms with Crippen molar-refractivity contribution < 1.29 is 17.2 Å². The van der Waals surface area contributed by atoms with Gasteiger partial charge in [0.25, 0.3) is 0 Å². The molecule has 1 heterocycles. The summed E-state index contributed by atoms with van der Waals surface area (Å²) in [6, 6.07) is 11.1. The molecule has 1 fully saturated rings. The lowest BCUT2D eigenvalue weighted by Crippen LogP contribution is -2.66.